The predicted molar refractivity (Wildman–Crippen MR) is 149 cm³/mol. The highest BCUT2D eigenvalue weighted by Crippen LogP contribution is 2.28. The molecule has 1 heterocycles. The monoisotopic (exact) mass is 493 g/mol. The number of para-hydroxylation sites is 3. The van der Waals surface area contributed by atoms with E-state index in [9.17, 15) is 8.42 Å². The molecular weight excluding hydrogens is 469 g/mol. The van der Waals surface area contributed by atoms with Crippen LogP contribution < -0.4 is 20.8 Å². The first kappa shape index (κ1) is 23.4. The van der Waals surface area contributed by atoms with Crippen molar-refractivity contribution in [2.75, 3.05) is 15.4 Å². The Kier molecular flexibility index (Phi) is 6.55. The highest BCUT2D eigenvalue weighted by Gasteiger charge is 2.19. The number of hydrogen-bond donors (Lipinski definition) is 3. The van der Waals surface area contributed by atoms with Crippen LogP contribution in [0.15, 0.2) is 108 Å². The van der Waals surface area contributed by atoms with Gasteiger partial charge in [0, 0.05) is 17.1 Å². The third-order valence-electron chi connectivity index (χ3n) is 5.65. The van der Waals surface area contributed by atoms with Gasteiger partial charge in [-0.15, -0.1) is 0 Å². The van der Waals surface area contributed by atoms with E-state index in [2.05, 4.69) is 25.3 Å². The first-order valence-electron chi connectivity index (χ1n) is 11.6. The Morgan fingerprint density at radius 3 is 1.75 bits per heavy atom. The van der Waals surface area contributed by atoms with E-state index in [0.717, 1.165) is 29.8 Å². The van der Waals surface area contributed by atoms with Crippen molar-refractivity contribution in [2.24, 2.45) is 0 Å². The first-order chi connectivity index (χ1) is 17.5. The van der Waals surface area contributed by atoms with Crippen molar-refractivity contribution < 1.29 is 8.42 Å². The highest BCUT2D eigenvalue weighted by molar-refractivity contribution is 7.92. The molecule has 1 aromatic heterocycles. The van der Waals surface area contributed by atoms with Crippen molar-refractivity contribution in [3.63, 3.8) is 0 Å². The Labute approximate surface area is 210 Å². The molecule has 4 aromatic carbocycles. The zero-order valence-corrected chi connectivity index (χ0v) is 20.5. The number of nitrogens with one attached hydrogen (secondary N) is 3. The normalized spacial score (nSPS) is 11.1. The lowest BCUT2D eigenvalue weighted by Crippen LogP contribution is -2.17. The summed E-state index contributed by atoms with van der Waals surface area (Å²) in [6.07, 6.45) is 0. The average molecular weight is 493 g/mol. The second-order valence-electron chi connectivity index (χ2n) is 8.21. The summed E-state index contributed by atoms with van der Waals surface area (Å²) in [6, 6.07) is 31.7. The molecule has 0 unspecified atom stereocenters. The van der Waals surface area contributed by atoms with Crippen LogP contribution in [-0.4, -0.2) is 25.7 Å². The molecular formula is C27H24BN5O2S. The molecule has 3 N–H and O–H groups in total. The third kappa shape index (κ3) is 5.31. The fraction of sp³-hybridized carbons (Fsp3) is 0.0370. The fourth-order valence-corrected chi connectivity index (χ4v) is 4.72. The van der Waals surface area contributed by atoms with Gasteiger partial charge in [-0.2, -0.15) is 0 Å². The summed E-state index contributed by atoms with van der Waals surface area (Å²) in [4.78, 5) is 9.38. The molecule has 5 rings (SSSR count). The van der Waals surface area contributed by atoms with Crippen molar-refractivity contribution in [3.8, 4) is 0 Å². The lowest BCUT2D eigenvalue weighted by Gasteiger charge is -2.14. The highest BCUT2D eigenvalue weighted by atomic mass is 32.2. The van der Waals surface area contributed by atoms with Gasteiger partial charge in [0.1, 0.15) is 0 Å². The molecule has 0 aliphatic rings. The minimum absolute atomic E-state index is 0.125. The first-order valence-corrected chi connectivity index (χ1v) is 13.1. The van der Waals surface area contributed by atoms with Gasteiger partial charge in [0.15, 0.2) is 18.9 Å². The van der Waals surface area contributed by atoms with Crippen molar-refractivity contribution in [2.45, 2.75) is 11.7 Å². The number of anilines is 5. The van der Waals surface area contributed by atoms with E-state index in [4.69, 9.17) is 0 Å². The second-order valence-corrected chi connectivity index (χ2v) is 9.89. The molecule has 0 fully saturated rings. The van der Waals surface area contributed by atoms with Crippen LogP contribution in [0.3, 0.4) is 0 Å². The summed E-state index contributed by atoms with van der Waals surface area (Å²) >= 11 is 0. The molecule has 9 heteroatoms. The molecule has 0 aliphatic carbocycles. The Morgan fingerprint density at radius 2 is 1.14 bits per heavy atom. The van der Waals surface area contributed by atoms with E-state index >= 15 is 0 Å². The molecule has 0 saturated heterocycles. The van der Waals surface area contributed by atoms with Crippen LogP contribution in [0, 0.1) is 0 Å². The molecule has 36 heavy (non-hydrogen) atoms. The molecule has 5 aromatic rings. The maximum atomic E-state index is 13.1. The van der Waals surface area contributed by atoms with Crippen LogP contribution in [0.2, 0.25) is 6.82 Å². The molecule has 0 bridgehead atoms. The Balaban J connectivity index is 1.44. The smallest absolute Gasteiger partial charge is 0.263 e. The maximum absolute atomic E-state index is 13.1. The van der Waals surface area contributed by atoms with E-state index < -0.39 is 10.0 Å². The Bertz CT molecular complexity index is 1590. The number of aromatic nitrogens is 2. The predicted octanol–water partition coefficient (Wildman–Crippen LogP) is 5.03. The maximum Gasteiger partial charge on any atom is 0.263 e. The van der Waals surface area contributed by atoms with Crippen LogP contribution in [0.25, 0.3) is 11.0 Å². The number of benzene rings is 4. The minimum atomic E-state index is -3.87. The number of nitrogens with zero attached hydrogens (tertiary/aromatic N) is 2. The zero-order chi connectivity index (χ0) is 25.0. The molecule has 178 valence electrons. The topological polar surface area (TPSA) is 96.0 Å². The summed E-state index contributed by atoms with van der Waals surface area (Å²) < 4.78 is 28.9. The van der Waals surface area contributed by atoms with Gasteiger partial charge in [-0.05, 0) is 60.7 Å². The molecule has 0 amide bonds. The number of sulfonamides is 1. The molecule has 0 spiro atoms. The summed E-state index contributed by atoms with van der Waals surface area (Å²) in [5.41, 5.74) is 4.95. The van der Waals surface area contributed by atoms with E-state index in [1.54, 1.807) is 18.2 Å². The van der Waals surface area contributed by atoms with Crippen molar-refractivity contribution >= 4 is 62.5 Å². The summed E-state index contributed by atoms with van der Waals surface area (Å²) in [5.74, 6) is 0.436. The quantitative estimate of drug-likeness (QED) is 0.263. The summed E-state index contributed by atoms with van der Waals surface area (Å²) in [5, 5.41) is 6.56. The molecule has 0 saturated carbocycles. The second kappa shape index (κ2) is 10.1. The fourth-order valence-electron chi connectivity index (χ4n) is 3.71. The van der Waals surface area contributed by atoms with Crippen LogP contribution in [0.4, 0.5) is 28.7 Å². The molecule has 7 nitrogen and oxygen atoms in total. The number of rotatable bonds is 8. The number of fused-ring (bicyclic) bond motifs is 1. The van der Waals surface area contributed by atoms with Gasteiger partial charge in [0.25, 0.3) is 10.0 Å². The van der Waals surface area contributed by atoms with E-state index in [0.29, 0.717) is 16.9 Å². The Hall–Kier alpha value is -4.37. The standard InChI is InChI=1S/C27H24BN5O2S/c1-28-19-11-17-23(18-12-19)36(34,35)33-27-26(31-24-9-5-6-10-25(24)32-27)30-22-15-13-21(14-16-22)29-20-7-3-2-4-8-20/h2-18,28-29H,1H3,(H,30,31)(H,32,33). The zero-order valence-electron chi connectivity index (χ0n) is 19.6. The van der Waals surface area contributed by atoms with Gasteiger partial charge in [0.2, 0.25) is 0 Å². The van der Waals surface area contributed by atoms with E-state index in [1.165, 1.54) is 0 Å². The van der Waals surface area contributed by atoms with Crippen molar-refractivity contribution in [3.05, 3.63) is 103 Å². The van der Waals surface area contributed by atoms with Gasteiger partial charge in [-0.25, -0.2) is 18.4 Å². The summed E-state index contributed by atoms with van der Waals surface area (Å²) in [7, 11) is -3.03. The van der Waals surface area contributed by atoms with Crippen LogP contribution in [-0.2, 0) is 10.0 Å². The van der Waals surface area contributed by atoms with Gasteiger partial charge >= 0.3 is 0 Å². The summed E-state index contributed by atoms with van der Waals surface area (Å²) in [6.45, 7) is 2.02. The lowest BCUT2D eigenvalue weighted by molar-refractivity contribution is 0.601. The average Bonchev–Trinajstić information content (AvgIpc) is 2.90. The molecule has 0 aliphatic heterocycles. The van der Waals surface area contributed by atoms with Gasteiger partial charge < -0.3 is 10.6 Å². The van der Waals surface area contributed by atoms with E-state index in [1.807, 2.05) is 91.8 Å². The molecule has 0 atom stereocenters. The van der Waals surface area contributed by atoms with Crippen LogP contribution in [0.1, 0.15) is 0 Å². The SMILES string of the molecule is CBc1ccc(S(=O)(=O)Nc2nc3ccccc3nc2Nc2ccc(Nc3ccccc3)cc2)cc1. The van der Waals surface area contributed by atoms with E-state index in [-0.39, 0.29) is 10.7 Å². The Morgan fingerprint density at radius 1 is 0.611 bits per heavy atom. The van der Waals surface area contributed by atoms with Crippen LogP contribution in [0.5, 0.6) is 0 Å². The van der Waals surface area contributed by atoms with Gasteiger partial charge in [0.05, 0.1) is 15.9 Å². The third-order valence-corrected chi connectivity index (χ3v) is 7.01. The van der Waals surface area contributed by atoms with Crippen molar-refractivity contribution in [1.29, 1.82) is 0 Å². The largest absolute Gasteiger partial charge is 0.356 e. The van der Waals surface area contributed by atoms with Crippen molar-refractivity contribution in [1.82, 2.24) is 9.97 Å². The lowest BCUT2D eigenvalue weighted by atomic mass is 9.74. The molecule has 0 radical (unpaired) electrons. The van der Waals surface area contributed by atoms with Gasteiger partial charge in [-0.3, -0.25) is 4.72 Å². The van der Waals surface area contributed by atoms with Crippen LogP contribution >= 0.6 is 0 Å². The number of hydrogen-bond acceptors (Lipinski definition) is 6. The minimum Gasteiger partial charge on any atom is -0.356 e. The van der Waals surface area contributed by atoms with Gasteiger partial charge in [-0.1, -0.05) is 54.8 Å².